The summed E-state index contributed by atoms with van der Waals surface area (Å²) in [6.07, 6.45) is 2.88. The van der Waals surface area contributed by atoms with Gasteiger partial charge < -0.3 is 4.52 Å². The predicted molar refractivity (Wildman–Crippen MR) is 29.1 cm³/mol. The van der Waals surface area contributed by atoms with Crippen molar-refractivity contribution in [2.75, 3.05) is 5.83 Å². The van der Waals surface area contributed by atoms with E-state index in [0.29, 0.717) is 0 Å². The van der Waals surface area contributed by atoms with E-state index in [4.69, 9.17) is 0 Å². The van der Waals surface area contributed by atoms with Gasteiger partial charge in [0.2, 0.25) is 0 Å². The third-order valence-electron chi connectivity index (χ3n) is 0.283. The van der Waals surface area contributed by atoms with Crippen LogP contribution in [0, 0.1) is 0 Å². The largest absolute Gasteiger partial charge is 0.346 e. The lowest BCUT2D eigenvalue weighted by atomic mass is 11.0. The first-order valence-corrected chi connectivity index (χ1v) is 3.17. The van der Waals surface area contributed by atoms with E-state index < -0.39 is 0 Å². The van der Waals surface area contributed by atoms with E-state index in [-0.39, 0.29) is 0 Å². The summed E-state index contributed by atoms with van der Waals surface area (Å²) in [7, 11) is 0. The molecule has 0 saturated heterocycles. The normalized spacial score (nSPS) is 6.57. The van der Waals surface area contributed by atoms with Crippen LogP contribution < -0.4 is 0 Å². The van der Waals surface area contributed by atoms with E-state index in [1.54, 1.807) is 0 Å². The monoisotopic (exact) mass is 164 g/mol. The number of hydrogen-bond donors (Lipinski definition) is 0. The molecule has 1 heterocycles. The molecule has 0 aliphatic rings. The van der Waals surface area contributed by atoms with Crippen molar-refractivity contribution in [1.82, 2.24) is 10.4 Å². The highest BCUT2D eigenvalue weighted by Crippen LogP contribution is 1.64. The predicted octanol–water partition coefficient (Wildman–Crippen LogP) is 1.08. The van der Waals surface area contributed by atoms with Crippen molar-refractivity contribution in [3.8, 4) is 0 Å². The van der Waals surface area contributed by atoms with Crippen LogP contribution in [0.4, 0.5) is 0 Å². The molecule has 0 aliphatic carbocycles. The van der Waals surface area contributed by atoms with Crippen LogP contribution in [0.15, 0.2) is 17.0 Å². The molecule has 0 aliphatic heterocycles. The Labute approximate surface area is 49.8 Å². The van der Waals surface area contributed by atoms with Gasteiger partial charge in [0, 0.05) is 5.27 Å². The zero-order valence-corrected chi connectivity index (χ0v) is 5.42. The Morgan fingerprint density at radius 3 is 2.43 bits per heavy atom. The average molecular weight is 165 g/mol. The van der Waals surface area contributed by atoms with Crippen LogP contribution in [0.25, 0.3) is 0 Å². The van der Waals surface area contributed by atoms with Crippen LogP contribution in [0.3, 0.4) is 0 Å². The van der Waals surface area contributed by atoms with Gasteiger partial charge in [-0.3, -0.25) is 0 Å². The Balaban J connectivity index is 0.000000162. The van der Waals surface area contributed by atoms with Crippen molar-refractivity contribution in [2.24, 2.45) is 0 Å². The first kappa shape index (κ1) is 6.62. The molecule has 0 fully saturated rings. The zero-order valence-electron chi connectivity index (χ0n) is 3.84. The Bertz CT molecular complexity index is 69.4. The summed E-state index contributed by atoms with van der Waals surface area (Å²) in [6, 6.07) is 0. The first-order chi connectivity index (χ1) is 3.50. The van der Waals surface area contributed by atoms with Gasteiger partial charge in [-0.1, -0.05) is 15.9 Å². The summed E-state index contributed by atoms with van der Waals surface area (Å²) in [5.41, 5.74) is 0. The van der Waals surface area contributed by atoms with E-state index in [9.17, 15) is 0 Å². The molecule has 0 saturated carbocycles. The average Bonchev–Trinajstić information content (AvgIpc) is 2.23. The van der Waals surface area contributed by atoms with E-state index >= 15 is 0 Å². The van der Waals surface area contributed by atoms with Gasteiger partial charge in [-0.15, -0.1) is 5.10 Å². The summed E-state index contributed by atoms with van der Waals surface area (Å²) in [5, 5.41) is 6.40. The molecule has 7 heavy (non-hydrogen) atoms. The third-order valence-corrected chi connectivity index (χ3v) is 0.283. The van der Waals surface area contributed by atoms with Gasteiger partial charge in [0.25, 0.3) is 0 Å². The number of nitrogens with zero attached hydrogens (tertiary/aromatic N) is 2. The Hall–Kier alpha value is -0.380. The Morgan fingerprint density at radius 1 is 1.57 bits per heavy atom. The van der Waals surface area contributed by atoms with Gasteiger partial charge in [0.15, 0.2) is 0 Å². The molecule has 1 aromatic rings. The molecule has 0 unspecified atom stereocenters. The molecule has 0 spiro atoms. The van der Waals surface area contributed by atoms with Gasteiger partial charge in [0.1, 0.15) is 6.26 Å². The second-order valence-electron chi connectivity index (χ2n) is 0.588. The molecule has 4 heteroatoms. The minimum Gasteiger partial charge on any atom is -0.346 e. The quantitative estimate of drug-likeness (QED) is 0.540. The molecule has 0 atom stereocenters. The van der Waals surface area contributed by atoms with Crippen molar-refractivity contribution in [1.29, 1.82) is 0 Å². The maximum atomic E-state index is 4.22. The fourth-order valence-corrected chi connectivity index (χ4v) is 0.136. The molecule has 0 N–H and O–H groups in total. The van der Waals surface area contributed by atoms with Gasteiger partial charge >= 0.3 is 0 Å². The van der Waals surface area contributed by atoms with E-state index in [1.807, 2.05) is 5.83 Å². The van der Waals surface area contributed by atoms with Crippen LogP contribution in [0.2, 0.25) is 0 Å². The molecular weight excluding hydrogens is 160 g/mol. The Morgan fingerprint density at radius 2 is 2.29 bits per heavy atom. The highest BCUT2D eigenvalue weighted by atomic mass is 79.9. The van der Waals surface area contributed by atoms with Crippen LogP contribution in [-0.2, 0) is 0 Å². The molecule has 0 amide bonds. The lowest BCUT2D eigenvalue weighted by molar-refractivity contribution is 0.393. The highest BCUT2D eigenvalue weighted by molar-refractivity contribution is 9.08. The zero-order chi connectivity index (χ0) is 5.54. The second kappa shape index (κ2) is 5.62. The van der Waals surface area contributed by atoms with Gasteiger partial charge in [0.05, 0.1) is 6.20 Å². The molecule has 1 aromatic heterocycles. The van der Waals surface area contributed by atoms with Gasteiger partial charge in [-0.05, 0) is 5.83 Å². The summed E-state index contributed by atoms with van der Waals surface area (Å²) in [5.74, 6) is 1.81. The summed E-state index contributed by atoms with van der Waals surface area (Å²) < 4.78 is 4.22. The summed E-state index contributed by atoms with van der Waals surface area (Å²) in [4.78, 5) is 0. The molecule has 1 rings (SSSR count). The van der Waals surface area contributed by atoms with Gasteiger partial charge in [-0.2, -0.15) is 0 Å². The van der Waals surface area contributed by atoms with E-state index in [0.717, 1.165) is 0 Å². The molecule has 3 nitrogen and oxygen atoms in total. The number of alkyl halides is 1. The third kappa shape index (κ3) is 3.45. The standard InChI is InChI=1S/C2H2N2O.CH3Br/c1-2-5-4-3-1;1-2/h1-2H;1H3. The van der Waals surface area contributed by atoms with Crippen molar-refractivity contribution in [3.63, 3.8) is 0 Å². The van der Waals surface area contributed by atoms with Crippen molar-refractivity contribution in [2.45, 2.75) is 0 Å². The fourth-order valence-electron chi connectivity index (χ4n) is 0.136. The number of rotatable bonds is 0. The van der Waals surface area contributed by atoms with Crippen LogP contribution >= 0.6 is 15.9 Å². The molecule has 0 radical (unpaired) electrons. The number of hydrogen-bond acceptors (Lipinski definition) is 3. The first-order valence-electron chi connectivity index (χ1n) is 1.59. The summed E-state index contributed by atoms with van der Waals surface area (Å²) >= 11 is 2.94. The summed E-state index contributed by atoms with van der Waals surface area (Å²) in [6.45, 7) is 0. The number of aromatic nitrogens is 2. The fraction of sp³-hybridized carbons (Fsp3) is 0.333. The molecule has 40 valence electrons. The molecule has 0 aromatic carbocycles. The minimum absolute atomic E-state index is 1.40. The molecular formula is C3H5BrN2O. The smallest absolute Gasteiger partial charge is 0.144 e. The minimum atomic E-state index is 1.40. The molecule has 0 bridgehead atoms. The lowest BCUT2D eigenvalue weighted by Crippen LogP contribution is -1.53. The maximum Gasteiger partial charge on any atom is 0.144 e. The van der Waals surface area contributed by atoms with Crippen molar-refractivity contribution in [3.05, 3.63) is 12.5 Å². The SMILES string of the molecule is CBr.c1conn1. The number of halogens is 1. The maximum absolute atomic E-state index is 4.22. The highest BCUT2D eigenvalue weighted by Gasteiger charge is 1.61. The Kier molecular flexibility index (Phi) is 5.31. The van der Waals surface area contributed by atoms with Crippen LogP contribution in [0.1, 0.15) is 0 Å². The van der Waals surface area contributed by atoms with Crippen LogP contribution in [-0.4, -0.2) is 16.2 Å². The van der Waals surface area contributed by atoms with E-state index in [2.05, 4.69) is 30.8 Å². The van der Waals surface area contributed by atoms with Gasteiger partial charge in [-0.25, -0.2) is 0 Å². The van der Waals surface area contributed by atoms with Crippen molar-refractivity contribution >= 4 is 15.9 Å². The second-order valence-corrected chi connectivity index (χ2v) is 0.588. The van der Waals surface area contributed by atoms with E-state index in [1.165, 1.54) is 12.5 Å². The topological polar surface area (TPSA) is 38.9 Å². The van der Waals surface area contributed by atoms with Crippen LogP contribution in [0.5, 0.6) is 0 Å². The van der Waals surface area contributed by atoms with Crippen molar-refractivity contribution < 1.29 is 4.52 Å². The lowest BCUT2D eigenvalue weighted by Gasteiger charge is -1.45.